The molecule has 1 heterocycles. The molecular formula is C10H16O2. The maximum absolute atomic E-state index is 11.5. The molecule has 0 spiro atoms. The van der Waals surface area contributed by atoms with Crippen molar-refractivity contribution in [2.24, 2.45) is 5.92 Å². The van der Waals surface area contributed by atoms with Crippen molar-refractivity contribution >= 4 is 5.78 Å². The van der Waals surface area contributed by atoms with Gasteiger partial charge >= 0.3 is 0 Å². The van der Waals surface area contributed by atoms with Gasteiger partial charge in [0.15, 0.2) is 0 Å². The van der Waals surface area contributed by atoms with Crippen LogP contribution in [0.15, 0.2) is 12.7 Å². The van der Waals surface area contributed by atoms with Crippen LogP contribution in [0, 0.1) is 5.92 Å². The molecule has 0 amide bonds. The van der Waals surface area contributed by atoms with E-state index in [1.54, 1.807) is 6.08 Å². The topological polar surface area (TPSA) is 26.3 Å². The van der Waals surface area contributed by atoms with Crippen molar-refractivity contribution in [3.8, 4) is 0 Å². The third-order valence-electron chi connectivity index (χ3n) is 2.27. The zero-order chi connectivity index (χ0) is 8.81. The van der Waals surface area contributed by atoms with Crippen LogP contribution in [-0.2, 0) is 9.53 Å². The maximum Gasteiger partial charge on any atom is 0.136 e. The van der Waals surface area contributed by atoms with Gasteiger partial charge in [0.2, 0.25) is 0 Å². The van der Waals surface area contributed by atoms with E-state index < -0.39 is 0 Å². The predicted molar refractivity (Wildman–Crippen MR) is 48.0 cm³/mol. The Balaban J connectivity index is 2.24. The lowest BCUT2D eigenvalue weighted by molar-refractivity contribution is -0.125. The Labute approximate surface area is 73.6 Å². The van der Waals surface area contributed by atoms with E-state index in [0.717, 1.165) is 32.5 Å². The highest BCUT2D eigenvalue weighted by Crippen LogP contribution is 2.17. The summed E-state index contributed by atoms with van der Waals surface area (Å²) < 4.78 is 5.18. The van der Waals surface area contributed by atoms with E-state index in [-0.39, 0.29) is 5.92 Å². The highest BCUT2D eigenvalue weighted by atomic mass is 16.5. The predicted octanol–water partition coefficient (Wildman–Crippen LogP) is 1.95. The largest absolute Gasteiger partial charge is 0.381 e. The van der Waals surface area contributed by atoms with Crippen LogP contribution in [0.1, 0.15) is 25.7 Å². The van der Waals surface area contributed by atoms with Crippen LogP contribution in [0.25, 0.3) is 0 Å². The lowest BCUT2D eigenvalue weighted by atomic mass is 9.93. The fourth-order valence-corrected chi connectivity index (χ4v) is 1.47. The first-order valence-corrected chi connectivity index (χ1v) is 4.56. The quantitative estimate of drug-likeness (QED) is 0.600. The van der Waals surface area contributed by atoms with Gasteiger partial charge in [-0.2, -0.15) is 0 Å². The van der Waals surface area contributed by atoms with Crippen LogP contribution in [0.3, 0.4) is 0 Å². The van der Waals surface area contributed by atoms with Crippen molar-refractivity contribution in [3.05, 3.63) is 12.7 Å². The van der Waals surface area contributed by atoms with Gasteiger partial charge in [-0.1, -0.05) is 6.08 Å². The molecule has 0 bridgehead atoms. The lowest BCUT2D eigenvalue weighted by Crippen LogP contribution is -2.23. The van der Waals surface area contributed by atoms with Crippen molar-refractivity contribution < 1.29 is 9.53 Å². The Bertz CT molecular complexity index is 157. The molecule has 0 unspecified atom stereocenters. The molecular weight excluding hydrogens is 152 g/mol. The number of rotatable bonds is 4. The van der Waals surface area contributed by atoms with E-state index in [1.165, 1.54) is 0 Å². The molecule has 0 aromatic rings. The molecule has 2 heteroatoms. The van der Waals surface area contributed by atoms with Crippen LogP contribution >= 0.6 is 0 Å². The van der Waals surface area contributed by atoms with Gasteiger partial charge in [0.05, 0.1) is 0 Å². The molecule has 0 aromatic carbocycles. The van der Waals surface area contributed by atoms with Gasteiger partial charge in [-0.05, 0) is 19.3 Å². The number of hydrogen-bond acceptors (Lipinski definition) is 2. The van der Waals surface area contributed by atoms with E-state index in [2.05, 4.69) is 6.58 Å². The molecule has 0 saturated carbocycles. The fourth-order valence-electron chi connectivity index (χ4n) is 1.47. The summed E-state index contributed by atoms with van der Waals surface area (Å²) in [6.07, 6.45) is 5.10. The third kappa shape index (κ3) is 2.78. The summed E-state index contributed by atoms with van der Waals surface area (Å²) in [6.45, 7) is 5.11. The average molecular weight is 168 g/mol. The van der Waals surface area contributed by atoms with Crippen LogP contribution < -0.4 is 0 Å². The van der Waals surface area contributed by atoms with Crippen molar-refractivity contribution in [2.75, 3.05) is 13.2 Å². The Morgan fingerprint density at radius 2 is 2.17 bits per heavy atom. The highest BCUT2D eigenvalue weighted by Gasteiger charge is 2.20. The number of hydrogen-bond donors (Lipinski definition) is 0. The highest BCUT2D eigenvalue weighted by molar-refractivity contribution is 5.81. The summed E-state index contributed by atoms with van der Waals surface area (Å²) in [5.41, 5.74) is 0. The minimum absolute atomic E-state index is 0.263. The molecule has 1 aliphatic heterocycles. The number of ether oxygens (including phenoxy) is 1. The van der Waals surface area contributed by atoms with Crippen molar-refractivity contribution in [3.63, 3.8) is 0 Å². The van der Waals surface area contributed by atoms with Gasteiger partial charge in [0, 0.05) is 25.6 Å². The van der Waals surface area contributed by atoms with Gasteiger partial charge < -0.3 is 4.74 Å². The minimum atomic E-state index is 0.263. The second kappa shape index (κ2) is 5.09. The molecule has 1 rings (SSSR count). The van der Waals surface area contributed by atoms with Gasteiger partial charge in [0.25, 0.3) is 0 Å². The Morgan fingerprint density at radius 1 is 1.50 bits per heavy atom. The number of allylic oxidation sites excluding steroid dienone is 1. The zero-order valence-corrected chi connectivity index (χ0v) is 7.42. The summed E-state index contributed by atoms with van der Waals surface area (Å²) in [5, 5.41) is 0. The Morgan fingerprint density at radius 3 is 2.75 bits per heavy atom. The van der Waals surface area contributed by atoms with E-state index in [0.29, 0.717) is 12.2 Å². The summed E-state index contributed by atoms with van der Waals surface area (Å²) in [7, 11) is 0. The second-order valence-corrected chi connectivity index (χ2v) is 3.18. The van der Waals surface area contributed by atoms with E-state index in [4.69, 9.17) is 4.74 Å². The molecule has 1 saturated heterocycles. The second-order valence-electron chi connectivity index (χ2n) is 3.18. The summed E-state index contributed by atoms with van der Waals surface area (Å²) in [4.78, 5) is 11.5. The lowest BCUT2D eigenvalue weighted by Gasteiger charge is -2.20. The van der Waals surface area contributed by atoms with Gasteiger partial charge in [-0.15, -0.1) is 6.58 Å². The first-order valence-electron chi connectivity index (χ1n) is 4.56. The first kappa shape index (κ1) is 9.46. The molecule has 0 atom stereocenters. The van der Waals surface area contributed by atoms with Crippen molar-refractivity contribution in [1.82, 2.24) is 0 Å². The summed E-state index contributed by atoms with van der Waals surface area (Å²) in [5.74, 6) is 0.650. The van der Waals surface area contributed by atoms with Gasteiger partial charge in [0.1, 0.15) is 5.78 Å². The van der Waals surface area contributed by atoms with Crippen LogP contribution in [0.2, 0.25) is 0 Å². The zero-order valence-electron chi connectivity index (χ0n) is 7.42. The number of ketones is 1. The fraction of sp³-hybridized carbons (Fsp3) is 0.700. The molecule has 0 N–H and O–H groups in total. The van der Waals surface area contributed by atoms with E-state index >= 15 is 0 Å². The van der Waals surface area contributed by atoms with Crippen LogP contribution in [0.5, 0.6) is 0 Å². The monoisotopic (exact) mass is 168 g/mol. The van der Waals surface area contributed by atoms with Crippen molar-refractivity contribution in [1.29, 1.82) is 0 Å². The molecule has 12 heavy (non-hydrogen) atoms. The summed E-state index contributed by atoms with van der Waals surface area (Å²) >= 11 is 0. The van der Waals surface area contributed by atoms with E-state index in [9.17, 15) is 4.79 Å². The minimum Gasteiger partial charge on any atom is -0.381 e. The summed E-state index contributed by atoms with van der Waals surface area (Å²) in [6, 6.07) is 0. The molecule has 0 aromatic heterocycles. The van der Waals surface area contributed by atoms with Gasteiger partial charge in [-0.3, -0.25) is 4.79 Å². The average Bonchev–Trinajstić information content (AvgIpc) is 2.15. The first-order chi connectivity index (χ1) is 5.84. The SMILES string of the molecule is C=CCCC(=O)C1CCOCC1. The molecule has 2 nitrogen and oxygen atoms in total. The molecule has 0 aliphatic carbocycles. The van der Waals surface area contributed by atoms with Gasteiger partial charge in [-0.25, -0.2) is 0 Å². The Hall–Kier alpha value is -0.630. The molecule has 0 radical (unpaired) electrons. The number of carbonyl (C=O) groups is 1. The standard InChI is InChI=1S/C10H16O2/c1-2-3-4-10(11)9-5-7-12-8-6-9/h2,9H,1,3-8H2. The number of carbonyl (C=O) groups excluding carboxylic acids is 1. The number of Topliss-reactive ketones (excluding diaryl/α,β-unsaturated/α-hetero) is 1. The maximum atomic E-state index is 11.5. The van der Waals surface area contributed by atoms with Crippen LogP contribution in [0.4, 0.5) is 0 Å². The smallest absolute Gasteiger partial charge is 0.136 e. The molecule has 68 valence electrons. The van der Waals surface area contributed by atoms with Crippen LogP contribution in [-0.4, -0.2) is 19.0 Å². The van der Waals surface area contributed by atoms with Crippen molar-refractivity contribution in [2.45, 2.75) is 25.7 Å². The molecule has 1 aliphatic rings. The Kier molecular flexibility index (Phi) is 4.01. The van der Waals surface area contributed by atoms with E-state index in [1.807, 2.05) is 0 Å². The third-order valence-corrected chi connectivity index (χ3v) is 2.27. The molecule has 1 fully saturated rings. The normalized spacial score (nSPS) is 19.0.